The Bertz CT molecular complexity index is 680. The summed E-state index contributed by atoms with van der Waals surface area (Å²) in [7, 11) is 0. The van der Waals surface area contributed by atoms with Crippen LogP contribution in [-0.4, -0.2) is 28.8 Å². The van der Waals surface area contributed by atoms with Crippen LogP contribution in [0.5, 0.6) is 0 Å². The highest BCUT2D eigenvalue weighted by molar-refractivity contribution is 6.06. The van der Waals surface area contributed by atoms with E-state index in [-0.39, 0.29) is 16.9 Å². The van der Waals surface area contributed by atoms with Crippen LogP contribution in [0.1, 0.15) is 27.7 Å². The van der Waals surface area contributed by atoms with Gasteiger partial charge in [0, 0.05) is 37.1 Å². The summed E-state index contributed by atoms with van der Waals surface area (Å²) in [6.07, 6.45) is 1.56. The molecule has 0 saturated carbocycles. The van der Waals surface area contributed by atoms with Crippen LogP contribution in [0.25, 0.3) is 0 Å². The summed E-state index contributed by atoms with van der Waals surface area (Å²) >= 11 is 0. The Morgan fingerprint density at radius 2 is 1.92 bits per heavy atom. The number of nitriles is 1. The molecule has 134 valence electrons. The standard InChI is InChI=1S/C18H24N4O3/c1-13(2)10-21(11-14(3)4)12-15(9-19)18(23)20-16-6-5-7-17(8-16)22(24)25/h5-8,12-14H,10-11H2,1-4H3,(H,20,23)/b15-12-. The van der Waals surface area contributed by atoms with Gasteiger partial charge in [-0.15, -0.1) is 0 Å². The van der Waals surface area contributed by atoms with Crippen LogP contribution in [-0.2, 0) is 4.79 Å². The summed E-state index contributed by atoms with van der Waals surface area (Å²) in [5, 5.41) is 22.7. The van der Waals surface area contributed by atoms with Crippen LogP contribution < -0.4 is 5.32 Å². The lowest BCUT2D eigenvalue weighted by Gasteiger charge is -2.25. The van der Waals surface area contributed by atoms with Gasteiger partial charge in [0.25, 0.3) is 11.6 Å². The molecule has 0 spiro atoms. The van der Waals surface area contributed by atoms with Crippen molar-refractivity contribution in [3.8, 4) is 6.07 Å². The zero-order valence-corrected chi connectivity index (χ0v) is 15.0. The molecule has 0 saturated heterocycles. The van der Waals surface area contributed by atoms with Crippen LogP contribution >= 0.6 is 0 Å². The van der Waals surface area contributed by atoms with Gasteiger partial charge in [0.05, 0.1) is 4.92 Å². The second kappa shape index (κ2) is 9.42. The van der Waals surface area contributed by atoms with Crippen LogP contribution in [0.2, 0.25) is 0 Å². The zero-order valence-electron chi connectivity index (χ0n) is 15.0. The average Bonchev–Trinajstić information content (AvgIpc) is 2.51. The predicted octanol–water partition coefficient (Wildman–Crippen LogP) is 3.55. The van der Waals surface area contributed by atoms with Crippen molar-refractivity contribution in [1.82, 2.24) is 4.90 Å². The van der Waals surface area contributed by atoms with Crippen molar-refractivity contribution < 1.29 is 9.72 Å². The number of nitro benzene ring substituents is 1. The summed E-state index contributed by atoms with van der Waals surface area (Å²) in [6, 6.07) is 7.52. The number of hydrogen-bond donors (Lipinski definition) is 1. The maximum absolute atomic E-state index is 12.3. The number of anilines is 1. The number of amides is 1. The number of nitrogens with zero attached hydrogens (tertiary/aromatic N) is 3. The van der Waals surface area contributed by atoms with Gasteiger partial charge in [0.2, 0.25) is 0 Å². The Hall–Kier alpha value is -2.88. The van der Waals surface area contributed by atoms with Crippen LogP contribution in [0.4, 0.5) is 11.4 Å². The van der Waals surface area contributed by atoms with E-state index < -0.39 is 10.8 Å². The van der Waals surface area contributed by atoms with E-state index in [9.17, 15) is 20.2 Å². The molecule has 0 heterocycles. The fraction of sp³-hybridized carbons (Fsp3) is 0.444. The van der Waals surface area contributed by atoms with Crippen molar-refractivity contribution in [2.45, 2.75) is 27.7 Å². The van der Waals surface area contributed by atoms with Gasteiger partial charge in [-0.05, 0) is 17.9 Å². The SMILES string of the molecule is CC(C)CN(/C=C(/C#N)C(=O)Nc1cccc([N+](=O)[O-])c1)CC(C)C. The molecule has 7 nitrogen and oxygen atoms in total. The maximum Gasteiger partial charge on any atom is 0.271 e. The van der Waals surface area contributed by atoms with Crippen LogP contribution in [0.3, 0.4) is 0 Å². The van der Waals surface area contributed by atoms with Crippen molar-refractivity contribution in [3.63, 3.8) is 0 Å². The number of carbonyl (C=O) groups is 1. The molecule has 1 rings (SSSR count). The van der Waals surface area contributed by atoms with Gasteiger partial charge >= 0.3 is 0 Å². The summed E-state index contributed by atoms with van der Waals surface area (Å²) in [5.74, 6) is 0.185. The molecule has 0 bridgehead atoms. The molecular formula is C18H24N4O3. The molecular weight excluding hydrogens is 320 g/mol. The number of nitrogens with one attached hydrogen (secondary N) is 1. The first-order valence-corrected chi connectivity index (χ1v) is 8.14. The molecule has 0 aromatic heterocycles. The third kappa shape index (κ3) is 7.04. The van der Waals surface area contributed by atoms with E-state index >= 15 is 0 Å². The zero-order chi connectivity index (χ0) is 19.0. The second-order valence-corrected chi connectivity index (χ2v) is 6.66. The largest absolute Gasteiger partial charge is 0.376 e. The Balaban J connectivity index is 2.96. The summed E-state index contributed by atoms with van der Waals surface area (Å²) in [5.41, 5.74) is 0.119. The molecule has 0 aliphatic rings. The van der Waals surface area contributed by atoms with Gasteiger partial charge in [-0.1, -0.05) is 33.8 Å². The summed E-state index contributed by atoms with van der Waals surface area (Å²) in [4.78, 5) is 24.6. The van der Waals surface area contributed by atoms with Gasteiger partial charge in [0.1, 0.15) is 11.6 Å². The second-order valence-electron chi connectivity index (χ2n) is 6.66. The van der Waals surface area contributed by atoms with Crippen molar-refractivity contribution in [2.75, 3.05) is 18.4 Å². The molecule has 1 N–H and O–H groups in total. The average molecular weight is 344 g/mol. The maximum atomic E-state index is 12.3. The molecule has 0 aliphatic heterocycles. The molecule has 0 atom stereocenters. The molecule has 0 aliphatic carbocycles. The number of nitro groups is 1. The number of rotatable bonds is 8. The number of hydrogen-bond acceptors (Lipinski definition) is 5. The summed E-state index contributed by atoms with van der Waals surface area (Å²) < 4.78 is 0. The van der Waals surface area contributed by atoms with Crippen molar-refractivity contribution in [2.24, 2.45) is 11.8 Å². The van der Waals surface area contributed by atoms with E-state index in [0.29, 0.717) is 11.8 Å². The van der Waals surface area contributed by atoms with E-state index in [1.807, 2.05) is 11.0 Å². The van der Waals surface area contributed by atoms with Gasteiger partial charge in [-0.25, -0.2) is 0 Å². The first-order valence-electron chi connectivity index (χ1n) is 8.14. The fourth-order valence-electron chi connectivity index (χ4n) is 2.33. The molecule has 0 unspecified atom stereocenters. The molecule has 0 radical (unpaired) electrons. The van der Waals surface area contributed by atoms with Crippen molar-refractivity contribution >= 4 is 17.3 Å². The van der Waals surface area contributed by atoms with Gasteiger partial charge in [0.15, 0.2) is 0 Å². The Morgan fingerprint density at radius 3 is 2.40 bits per heavy atom. The Labute approximate surface area is 148 Å². The highest BCUT2D eigenvalue weighted by Crippen LogP contribution is 2.18. The Morgan fingerprint density at radius 1 is 1.32 bits per heavy atom. The minimum Gasteiger partial charge on any atom is -0.376 e. The predicted molar refractivity (Wildman–Crippen MR) is 96.7 cm³/mol. The van der Waals surface area contributed by atoms with Gasteiger partial charge in [-0.3, -0.25) is 14.9 Å². The van der Waals surface area contributed by atoms with E-state index in [1.165, 1.54) is 18.2 Å². The molecule has 1 aromatic rings. The third-order valence-electron chi connectivity index (χ3n) is 3.19. The minimum atomic E-state index is -0.583. The monoisotopic (exact) mass is 344 g/mol. The van der Waals surface area contributed by atoms with Crippen molar-refractivity contribution in [3.05, 3.63) is 46.2 Å². The highest BCUT2D eigenvalue weighted by atomic mass is 16.6. The quantitative estimate of drug-likeness (QED) is 0.336. The molecule has 25 heavy (non-hydrogen) atoms. The smallest absolute Gasteiger partial charge is 0.271 e. The normalized spacial score (nSPS) is 11.3. The first-order chi connectivity index (χ1) is 11.7. The topological polar surface area (TPSA) is 99.3 Å². The van der Waals surface area contributed by atoms with E-state index in [0.717, 1.165) is 13.1 Å². The minimum absolute atomic E-state index is 0.0344. The third-order valence-corrected chi connectivity index (χ3v) is 3.19. The lowest BCUT2D eigenvalue weighted by Crippen LogP contribution is -2.28. The number of carbonyl (C=O) groups excluding carboxylic acids is 1. The molecule has 1 aromatic carbocycles. The molecule has 1 amide bonds. The molecule has 0 fully saturated rings. The van der Waals surface area contributed by atoms with Crippen LogP contribution in [0.15, 0.2) is 36.0 Å². The molecule has 7 heteroatoms. The fourth-order valence-corrected chi connectivity index (χ4v) is 2.33. The lowest BCUT2D eigenvalue weighted by molar-refractivity contribution is -0.384. The first kappa shape index (κ1) is 20.2. The van der Waals surface area contributed by atoms with Crippen LogP contribution in [0, 0.1) is 33.3 Å². The number of non-ortho nitro benzene ring substituents is 1. The Kier molecular flexibility index (Phi) is 7.60. The van der Waals surface area contributed by atoms with E-state index in [2.05, 4.69) is 33.0 Å². The van der Waals surface area contributed by atoms with Gasteiger partial charge < -0.3 is 10.2 Å². The summed E-state index contributed by atoms with van der Waals surface area (Å²) in [6.45, 7) is 9.72. The van der Waals surface area contributed by atoms with E-state index in [1.54, 1.807) is 12.3 Å². The van der Waals surface area contributed by atoms with E-state index in [4.69, 9.17) is 0 Å². The highest BCUT2D eigenvalue weighted by Gasteiger charge is 2.15. The number of benzene rings is 1. The van der Waals surface area contributed by atoms with Crippen molar-refractivity contribution in [1.29, 1.82) is 5.26 Å². The lowest BCUT2D eigenvalue weighted by atomic mass is 10.1. The van der Waals surface area contributed by atoms with Gasteiger partial charge in [-0.2, -0.15) is 5.26 Å².